The number of nitrogens with one attached hydrogen (secondary N) is 2. The maximum Gasteiger partial charge on any atom is 0.490 e. The summed E-state index contributed by atoms with van der Waals surface area (Å²) in [6.45, 7) is -0.969. The van der Waals surface area contributed by atoms with Gasteiger partial charge in [-0.15, -0.1) is 0 Å². The number of aliphatic hydroxyl groups excluding tert-OH is 2. The van der Waals surface area contributed by atoms with E-state index in [1.54, 1.807) is 0 Å². The molecule has 30 heavy (non-hydrogen) atoms. The molecule has 0 aliphatic carbocycles. The first-order valence-corrected chi connectivity index (χ1v) is 12.3. The summed E-state index contributed by atoms with van der Waals surface area (Å²) in [5.41, 5.74) is 0.157. The Morgan fingerprint density at radius 1 is 1.07 bits per heavy atom. The SMILES string of the molecule is COC1NC(=O)NC=C1[C@@H]1O[C@H](COP(=O)(O)OP(=O)(O)OP(=O)(O)O)C(O)C1O. The molecular weight excluding hydrogens is 481 g/mol. The monoisotopic (exact) mass is 500 g/mol. The number of hydrogen-bond acceptors (Lipinski definition) is 11. The molecule has 0 saturated carbocycles. The summed E-state index contributed by atoms with van der Waals surface area (Å²) in [7, 11) is -15.4. The number of methoxy groups -OCH3 is 1. The van der Waals surface area contributed by atoms with Crippen LogP contribution in [0, 0.1) is 0 Å². The highest BCUT2D eigenvalue weighted by molar-refractivity contribution is 7.66. The molecule has 2 rings (SSSR count). The van der Waals surface area contributed by atoms with Crippen molar-refractivity contribution in [1.29, 1.82) is 0 Å². The quantitative estimate of drug-likeness (QED) is 0.159. The van der Waals surface area contributed by atoms with E-state index in [2.05, 4.69) is 23.8 Å². The van der Waals surface area contributed by atoms with E-state index in [1.165, 1.54) is 13.3 Å². The van der Waals surface area contributed by atoms with Crippen LogP contribution in [0.25, 0.3) is 0 Å². The van der Waals surface area contributed by atoms with Crippen molar-refractivity contribution < 1.29 is 70.9 Å². The van der Waals surface area contributed by atoms with Gasteiger partial charge in [0.1, 0.15) is 24.4 Å². The van der Waals surface area contributed by atoms with E-state index < -0.39 is 66.7 Å². The lowest BCUT2D eigenvalue weighted by Crippen LogP contribution is -2.50. The Labute approximate surface area is 168 Å². The third-order valence-corrected chi connectivity index (χ3v) is 7.48. The molecule has 0 aromatic carbocycles. The third-order valence-electron chi connectivity index (χ3n) is 3.68. The molecule has 1 saturated heterocycles. The van der Waals surface area contributed by atoms with Crippen LogP contribution in [0.4, 0.5) is 4.79 Å². The first kappa shape index (κ1) is 25.5. The van der Waals surface area contributed by atoms with Crippen LogP contribution in [0.5, 0.6) is 0 Å². The van der Waals surface area contributed by atoms with Gasteiger partial charge in [-0.1, -0.05) is 0 Å². The lowest BCUT2D eigenvalue weighted by Gasteiger charge is -2.29. The number of ether oxygens (including phenoxy) is 2. The Morgan fingerprint density at radius 2 is 1.70 bits per heavy atom. The van der Waals surface area contributed by atoms with Crippen molar-refractivity contribution in [2.45, 2.75) is 30.6 Å². The summed E-state index contributed by atoms with van der Waals surface area (Å²) in [6, 6.07) is -0.608. The van der Waals surface area contributed by atoms with E-state index in [0.29, 0.717) is 0 Å². The molecule has 20 heteroatoms. The van der Waals surface area contributed by atoms with E-state index in [0.717, 1.165) is 0 Å². The van der Waals surface area contributed by atoms with E-state index in [1.807, 2.05) is 0 Å². The Balaban J connectivity index is 2.02. The molecule has 5 unspecified atom stereocenters. The van der Waals surface area contributed by atoms with Crippen molar-refractivity contribution in [3.63, 3.8) is 0 Å². The second-order valence-corrected chi connectivity index (χ2v) is 10.3. The molecule has 2 amide bonds. The van der Waals surface area contributed by atoms with Crippen LogP contribution in [-0.4, -0.2) is 80.2 Å². The maximum atomic E-state index is 11.7. The molecular formula is C10H19N2O15P3. The van der Waals surface area contributed by atoms with Gasteiger partial charge in [-0.3, -0.25) is 4.52 Å². The number of rotatable bonds is 9. The van der Waals surface area contributed by atoms with Gasteiger partial charge in [0.15, 0.2) is 6.23 Å². The van der Waals surface area contributed by atoms with Gasteiger partial charge in [0.05, 0.1) is 6.61 Å². The topological polar surface area (TPSA) is 260 Å². The molecule has 2 heterocycles. The lowest BCUT2D eigenvalue weighted by atomic mass is 10.0. The van der Waals surface area contributed by atoms with Crippen LogP contribution in [0.2, 0.25) is 0 Å². The number of phosphoric acid groups is 3. The van der Waals surface area contributed by atoms with Gasteiger partial charge in [0, 0.05) is 18.9 Å². The maximum absolute atomic E-state index is 11.7. The highest BCUT2D eigenvalue weighted by Crippen LogP contribution is 2.66. The Hall–Kier alpha value is -0.740. The smallest absolute Gasteiger partial charge is 0.387 e. The van der Waals surface area contributed by atoms with E-state index >= 15 is 0 Å². The van der Waals surface area contributed by atoms with Crippen LogP contribution in [0.1, 0.15) is 0 Å². The van der Waals surface area contributed by atoms with Crippen LogP contribution >= 0.6 is 23.5 Å². The fourth-order valence-corrected chi connectivity index (χ4v) is 5.56. The van der Waals surface area contributed by atoms with Crippen LogP contribution in [-0.2, 0) is 36.3 Å². The Morgan fingerprint density at radius 3 is 2.27 bits per heavy atom. The zero-order valence-electron chi connectivity index (χ0n) is 14.9. The standard InChI is InChI=1S/C10H19N2O15P3/c1-23-9-4(2-11-10(15)12-9)8-7(14)6(13)5(25-8)3-24-29(19,20)27-30(21,22)26-28(16,17)18/h2,5-9,13-14H,3H2,1H3,(H,19,20)(H,21,22)(H2,11,12,15)(H2,16,17,18)/t5-,6?,7?,8+,9?/m1/s1. The minimum atomic E-state index is -5.70. The van der Waals surface area contributed by atoms with Crippen molar-refractivity contribution >= 4 is 29.5 Å². The van der Waals surface area contributed by atoms with Gasteiger partial charge < -0.3 is 49.9 Å². The van der Waals surface area contributed by atoms with Gasteiger partial charge in [0.2, 0.25) is 0 Å². The summed E-state index contributed by atoms with van der Waals surface area (Å²) in [5, 5.41) is 24.9. The fourth-order valence-electron chi connectivity index (χ4n) is 2.53. The van der Waals surface area contributed by atoms with Crippen LogP contribution in [0.15, 0.2) is 11.8 Å². The normalized spacial score (nSPS) is 33.8. The summed E-state index contributed by atoms with van der Waals surface area (Å²) < 4.78 is 55.5. The number of amides is 2. The zero-order valence-corrected chi connectivity index (χ0v) is 17.6. The molecule has 2 aliphatic heterocycles. The Bertz CT molecular complexity index is 827. The predicted octanol–water partition coefficient (Wildman–Crippen LogP) is -2.01. The molecule has 17 nitrogen and oxygen atoms in total. The molecule has 174 valence electrons. The minimum Gasteiger partial charge on any atom is -0.387 e. The minimum absolute atomic E-state index is 0.157. The van der Waals surface area contributed by atoms with E-state index in [4.69, 9.17) is 24.2 Å². The van der Waals surface area contributed by atoms with Gasteiger partial charge >= 0.3 is 29.5 Å². The van der Waals surface area contributed by atoms with Crippen LogP contribution < -0.4 is 10.6 Å². The first-order chi connectivity index (χ1) is 13.6. The first-order valence-electron chi connectivity index (χ1n) is 7.74. The summed E-state index contributed by atoms with van der Waals surface area (Å²) in [5.74, 6) is 0. The van der Waals surface area contributed by atoms with Crippen molar-refractivity contribution in [3.8, 4) is 0 Å². The number of aliphatic hydroxyl groups is 2. The number of phosphoric ester groups is 1. The summed E-state index contributed by atoms with van der Waals surface area (Å²) >= 11 is 0. The van der Waals surface area contributed by atoms with Crippen molar-refractivity contribution in [2.24, 2.45) is 0 Å². The highest BCUT2D eigenvalue weighted by Gasteiger charge is 2.48. The predicted molar refractivity (Wildman–Crippen MR) is 91.0 cm³/mol. The molecule has 8 N–H and O–H groups in total. The molecule has 0 spiro atoms. The molecule has 7 atom stereocenters. The number of carbonyl (C=O) groups excluding carboxylic acids is 1. The number of hydrogen-bond donors (Lipinski definition) is 8. The molecule has 0 bridgehead atoms. The Kier molecular flexibility index (Phi) is 8.00. The largest absolute Gasteiger partial charge is 0.490 e. The zero-order chi connectivity index (χ0) is 22.9. The van der Waals surface area contributed by atoms with Gasteiger partial charge in [0.25, 0.3) is 0 Å². The van der Waals surface area contributed by atoms with Gasteiger partial charge in [-0.05, 0) is 0 Å². The highest BCUT2D eigenvalue weighted by atomic mass is 31.3. The average molecular weight is 500 g/mol. The summed E-state index contributed by atoms with van der Waals surface area (Å²) in [4.78, 5) is 46.8. The van der Waals surface area contributed by atoms with Gasteiger partial charge in [-0.25, -0.2) is 18.5 Å². The number of urea groups is 1. The van der Waals surface area contributed by atoms with E-state index in [9.17, 15) is 33.6 Å². The molecule has 0 aromatic rings. The third kappa shape index (κ3) is 6.88. The van der Waals surface area contributed by atoms with Crippen molar-refractivity contribution in [1.82, 2.24) is 10.6 Å². The second-order valence-electron chi connectivity index (χ2n) is 5.84. The number of carbonyl (C=O) groups is 1. The average Bonchev–Trinajstić information content (AvgIpc) is 2.85. The van der Waals surface area contributed by atoms with Crippen LogP contribution in [0.3, 0.4) is 0 Å². The lowest BCUT2D eigenvalue weighted by molar-refractivity contribution is -0.0209. The molecule has 0 aromatic heterocycles. The van der Waals surface area contributed by atoms with Crippen molar-refractivity contribution in [3.05, 3.63) is 11.8 Å². The second kappa shape index (κ2) is 9.40. The van der Waals surface area contributed by atoms with Gasteiger partial charge in [-0.2, -0.15) is 8.62 Å². The molecule has 0 radical (unpaired) electrons. The van der Waals surface area contributed by atoms with Crippen molar-refractivity contribution in [2.75, 3.05) is 13.7 Å². The summed E-state index contributed by atoms with van der Waals surface area (Å²) in [6.07, 6.45) is -5.86. The fraction of sp³-hybridized carbons (Fsp3) is 0.700. The molecule has 1 fully saturated rings. The molecule has 2 aliphatic rings. The van der Waals surface area contributed by atoms with E-state index in [-0.39, 0.29) is 5.57 Å².